The first-order chi connectivity index (χ1) is 6.70. The van der Waals surface area contributed by atoms with E-state index in [0.717, 1.165) is 25.9 Å². The number of rotatable bonds is 1. The van der Waals surface area contributed by atoms with Crippen LogP contribution in [-0.4, -0.2) is 36.1 Å². The largest absolute Gasteiger partial charge is 0.461 e. The molecule has 76 valence electrons. The number of nitrogens with zero attached hydrogens (tertiary/aromatic N) is 1. The Morgan fingerprint density at radius 1 is 1.64 bits per heavy atom. The van der Waals surface area contributed by atoms with Crippen molar-refractivity contribution in [3.05, 3.63) is 0 Å². The highest BCUT2D eigenvalue weighted by molar-refractivity contribution is 5.66. The highest BCUT2D eigenvalue weighted by Gasteiger charge is 2.40. The molecular weight excluding hydrogens is 178 g/mol. The zero-order chi connectivity index (χ0) is 10.1. The zero-order valence-electron chi connectivity index (χ0n) is 8.40. The van der Waals surface area contributed by atoms with Crippen LogP contribution >= 0.6 is 0 Å². The van der Waals surface area contributed by atoms with E-state index in [4.69, 9.17) is 11.2 Å². The molecule has 0 N–H and O–H groups in total. The SMILES string of the molecule is C#CC1CC2CCN1C[C@H]2OC(C)=O. The van der Waals surface area contributed by atoms with Crippen LogP contribution in [0.3, 0.4) is 0 Å². The molecule has 0 amide bonds. The van der Waals surface area contributed by atoms with Gasteiger partial charge in [-0.1, -0.05) is 5.92 Å². The topological polar surface area (TPSA) is 29.5 Å². The minimum Gasteiger partial charge on any atom is -0.461 e. The first kappa shape index (κ1) is 9.54. The molecule has 2 bridgehead atoms. The lowest BCUT2D eigenvalue weighted by Gasteiger charge is -2.47. The molecule has 3 fully saturated rings. The molecule has 0 aromatic carbocycles. The van der Waals surface area contributed by atoms with Gasteiger partial charge >= 0.3 is 5.97 Å². The van der Waals surface area contributed by atoms with Crippen molar-refractivity contribution in [3.63, 3.8) is 0 Å². The van der Waals surface area contributed by atoms with Gasteiger partial charge in [0.2, 0.25) is 0 Å². The fourth-order valence-electron chi connectivity index (χ4n) is 2.50. The van der Waals surface area contributed by atoms with Crippen LogP contribution in [0.5, 0.6) is 0 Å². The summed E-state index contributed by atoms with van der Waals surface area (Å²) in [5.74, 6) is 3.09. The number of esters is 1. The molecule has 0 aromatic rings. The smallest absolute Gasteiger partial charge is 0.302 e. The van der Waals surface area contributed by atoms with Gasteiger partial charge in [-0.2, -0.15) is 0 Å². The minimum absolute atomic E-state index is 0.0749. The second-order valence-corrected chi connectivity index (χ2v) is 4.11. The summed E-state index contributed by atoms with van der Waals surface area (Å²) in [5, 5.41) is 0. The van der Waals surface area contributed by atoms with Crippen LogP contribution < -0.4 is 0 Å². The third-order valence-corrected chi connectivity index (χ3v) is 3.20. The van der Waals surface area contributed by atoms with Crippen LogP contribution in [-0.2, 0) is 9.53 Å². The molecule has 3 aliphatic rings. The number of carbonyl (C=O) groups is 1. The van der Waals surface area contributed by atoms with Crippen LogP contribution in [0.25, 0.3) is 0 Å². The summed E-state index contributed by atoms with van der Waals surface area (Å²) in [5.41, 5.74) is 0. The van der Waals surface area contributed by atoms with E-state index in [2.05, 4.69) is 10.8 Å². The van der Waals surface area contributed by atoms with E-state index in [0.29, 0.717) is 5.92 Å². The third-order valence-electron chi connectivity index (χ3n) is 3.20. The van der Waals surface area contributed by atoms with Crippen molar-refractivity contribution < 1.29 is 9.53 Å². The van der Waals surface area contributed by atoms with Crippen molar-refractivity contribution in [1.82, 2.24) is 4.90 Å². The number of piperidine rings is 3. The number of fused-ring (bicyclic) bond motifs is 3. The Morgan fingerprint density at radius 2 is 2.43 bits per heavy atom. The standard InChI is InChI=1S/C11H15NO2/c1-3-10-6-9-4-5-12(10)7-11(9)14-8(2)13/h1,9-11H,4-7H2,2H3/t9?,10?,11-/m1/s1. The van der Waals surface area contributed by atoms with Gasteiger partial charge in [-0.05, 0) is 19.4 Å². The molecule has 14 heavy (non-hydrogen) atoms. The maximum absolute atomic E-state index is 10.9. The first-order valence-corrected chi connectivity index (χ1v) is 5.08. The first-order valence-electron chi connectivity index (χ1n) is 5.08. The van der Waals surface area contributed by atoms with Crippen LogP contribution in [0, 0.1) is 18.3 Å². The average Bonchev–Trinajstić information content (AvgIpc) is 2.17. The highest BCUT2D eigenvalue weighted by atomic mass is 16.5. The molecule has 3 rings (SSSR count). The summed E-state index contributed by atoms with van der Waals surface area (Å²) in [6.07, 6.45) is 7.60. The second kappa shape index (κ2) is 3.62. The van der Waals surface area contributed by atoms with E-state index < -0.39 is 0 Å². The Balaban J connectivity index is 2.01. The van der Waals surface area contributed by atoms with Gasteiger partial charge < -0.3 is 4.74 Å². The van der Waals surface area contributed by atoms with E-state index in [1.165, 1.54) is 6.92 Å². The minimum atomic E-state index is -0.180. The van der Waals surface area contributed by atoms with Crippen molar-refractivity contribution in [3.8, 4) is 12.3 Å². The summed E-state index contributed by atoms with van der Waals surface area (Å²) < 4.78 is 5.27. The predicted octanol–water partition coefficient (Wildman–Crippen LogP) is 0.645. The van der Waals surface area contributed by atoms with Crippen molar-refractivity contribution in [2.45, 2.75) is 31.9 Å². The summed E-state index contributed by atoms with van der Waals surface area (Å²) in [6, 6.07) is 0.264. The molecule has 0 radical (unpaired) electrons. The molecule has 3 heterocycles. The number of hydrogen-bond donors (Lipinski definition) is 0. The second-order valence-electron chi connectivity index (χ2n) is 4.11. The van der Waals surface area contributed by atoms with Gasteiger partial charge in [0.15, 0.2) is 0 Å². The van der Waals surface area contributed by atoms with E-state index in [-0.39, 0.29) is 18.1 Å². The Labute approximate surface area is 84.4 Å². The van der Waals surface area contributed by atoms with Crippen LogP contribution in [0.1, 0.15) is 19.8 Å². The molecule has 3 saturated heterocycles. The molecular formula is C11H15NO2. The van der Waals surface area contributed by atoms with E-state index >= 15 is 0 Å². The van der Waals surface area contributed by atoms with Crippen molar-refractivity contribution >= 4 is 5.97 Å². The normalized spacial score (nSPS) is 40.3. The fourth-order valence-corrected chi connectivity index (χ4v) is 2.50. The van der Waals surface area contributed by atoms with Crippen molar-refractivity contribution in [1.29, 1.82) is 0 Å². The quantitative estimate of drug-likeness (QED) is 0.452. The molecule has 0 saturated carbocycles. The lowest BCUT2D eigenvalue weighted by atomic mass is 9.81. The van der Waals surface area contributed by atoms with Crippen LogP contribution in [0.2, 0.25) is 0 Å². The predicted molar refractivity (Wildman–Crippen MR) is 52.5 cm³/mol. The monoisotopic (exact) mass is 193 g/mol. The summed E-state index contributed by atoms with van der Waals surface area (Å²) >= 11 is 0. The molecule has 3 heteroatoms. The van der Waals surface area contributed by atoms with Crippen molar-refractivity contribution in [2.75, 3.05) is 13.1 Å². The third kappa shape index (κ3) is 1.62. The van der Waals surface area contributed by atoms with Gasteiger partial charge in [0, 0.05) is 19.4 Å². The van der Waals surface area contributed by atoms with E-state index in [1.807, 2.05) is 0 Å². The van der Waals surface area contributed by atoms with Gasteiger partial charge in [0.1, 0.15) is 6.10 Å². The Kier molecular flexibility index (Phi) is 2.47. The number of ether oxygens (including phenoxy) is 1. The molecule has 4 atom stereocenters. The maximum atomic E-state index is 10.9. The summed E-state index contributed by atoms with van der Waals surface area (Å²) in [4.78, 5) is 13.1. The molecule has 3 nitrogen and oxygen atoms in total. The Morgan fingerprint density at radius 3 is 2.93 bits per heavy atom. The van der Waals surface area contributed by atoms with Gasteiger partial charge in [-0.3, -0.25) is 9.69 Å². The average molecular weight is 193 g/mol. The van der Waals surface area contributed by atoms with Crippen molar-refractivity contribution in [2.24, 2.45) is 5.92 Å². The van der Waals surface area contributed by atoms with Gasteiger partial charge in [-0.25, -0.2) is 0 Å². The summed E-state index contributed by atoms with van der Waals surface area (Å²) in [7, 11) is 0. The van der Waals surface area contributed by atoms with Crippen LogP contribution in [0.15, 0.2) is 0 Å². The molecule has 0 aromatic heterocycles. The highest BCUT2D eigenvalue weighted by Crippen LogP contribution is 2.33. The fraction of sp³-hybridized carbons (Fsp3) is 0.727. The lowest BCUT2D eigenvalue weighted by Crippen LogP contribution is -2.56. The van der Waals surface area contributed by atoms with E-state index in [9.17, 15) is 4.79 Å². The number of hydrogen-bond acceptors (Lipinski definition) is 3. The molecule has 3 aliphatic heterocycles. The number of carbonyl (C=O) groups excluding carboxylic acids is 1. The molecule has 0 aliphatic carbocycles. The zero-order valence-corrected chi connectivity index (χ0v) is 8.40. The Hall–Kier alpha value is -1.01. The lowest BCUT2D eigenvalue weighted by molar-refractivity contribution is -0.157. The summed E-state index contributed by atoms with van der Waals surface area (Å²) in [6.45, 7) is 3.34. The van der Waals surface area contributed by atoms with Gasteiger partial charge in [0.25, 0.3) is 0 Å². The van der Waals surface area contributed by atoms with Gasteiger partial charge in [-0.15, -0.1) is 6.42 Å². The Bertz CT molecular complexity index is 282. The maximum Gasteiger partial charge on any atom is 0.302 e. The van der Waals surface area contributed by atoms with Crippen LogP contribution in [0.4, 0.5) is 0 Å². The van der Waals surface area contributed by atoms with E-state index in [1.54, 1.807) is 0 Å². The number of terminal acetylenes is 1. The molecule has 3 unspecified atom stereocenters. The molecule has 0 spiro atoms. The van der Waals surface area contributed by atoms with Gasteiger partial charge in [0.05, 0.1) is 6.04 Å².